The maximum atomic E-state index is 11.6. The lowest BCUT2D eigenvalue weighted by Gasteiger charge is -2.18. The quantitative estimate of drug-likeness (QED) is 0.504. The van der Waals surface area contributed by atoms with Gasteiger partial charge in [-0.05, 0) is 51.9 Å². The first kappa shape index (κ1) is 15.4. The standard InChI is InChI=1S/C14H28N2O2/c1-3-4-8-13(14(17)18-2)15-9-7-12-16-10-5-6-11-16/h13,15H,3-12H2,1-2H3. The Labute approximate surface area is 111 Å². The highest BCUT2D eigenvalue weighted by atomic mass is 16.5. The molecule has 1 atom stereocenters. The number of ether oxygens (including phenoxy) is 1. The highest BCUT2D eigenvalue weighted by Gasteiger charge is 2.17. The fourth-order valence-electron chi connectivity index (χ4n) is 2.44. The van der Waals surface area contributed by atoms with Gasteiger partial charge in [0.15, 0.2) is 0 Å². The molecule has 0 radical (unpaired) electrons. The van der Waals surface area contributed by atoms with Crippen LogP contribution in [0.1, 0.15) is 45.4 Å². The minimum Gasteiger partial charge on any atom is -0.468 e. The van der Waals surface area contributed by atoms with Crippen molar-refractivity contribution >= 4 is 5.97 Å². The molecule has 0 amide bonds. The van der Waals surface area contributed by atoms with Crippen molar-refractivity contribution in [2.75, 3.05) is 33.3 Å². The third kappa shape index (κ3) is 5.83. The topological polar surface area (TPSA) is 41.6 Å². The number of hydrogen-bond acceptors (Lipinski definition) is 4. The summed E-state index contributed by atoms with van der Waals surface area (Å²) in [5, 5.41) is 3.33. The molecule has 1 aliphatic rings. The van der Waals surface area contributed by atoms with Crippen molar-refractivity contribution in [2.24, 2.45) is 0 Å². The second-order valence-electron chi connectivity index (χ2n) is 5.07. The summed E-state index contributed by atoms with van der Waals surface area (Å²) in [7, 11) is 1.47. The van der Waals surface area contributed by atoms with Gasteiger partial charge in [-0.25, -0.2) is 0 Å². The Kier molecular flexibility index (Phi) is 8.01. The zero-order valence-electron chi connectivity index (χ0n) is 11.9. The number of rotatable bonds is 9. The van der Waals surface area contributed by atoms with E-state index in [1.54, 1.807) is 0 Å². The summed E-state index contributed by atoms with van der Waals surface area (Å²) in [4.78, 5) is 14.1. The molecular weight excluding hydrogens is 228 g/mol. The fourth-order valence-corrected chi connectivity index (χ4v) is 2.44. The smallest absolute Gasteiger partial charge is 0.322 e. The number of esters is 1. The summed E-state index contributed by atoms with van der Waals surface area (Å²) < 4.78 is 4.83. The molecule has 1 saturated heterocycles. The van der Waals surface area contributed by atoms with Crippen LogP contribution in [0.4, 0.5) is 0 Å². The van der Waals surface area contributed by atoms with Crippen LogP contribution in [0, 0.1) is 0 Å². The van der Waals surface area contributed by atoms with Gasteiger partial charge in [-0.2, -0.15) is 0 Å². The Morgan fingerprint density at radius 3 is 2.67 bits per heavy atom. The Morgan fingerprint density at radius 2 is 2.06 bits per heavy atom. The van der Waals surface area contributed by atoms with Crippen LogP contribution in [0.3, 0.4) is 0 Å². The molecule has 0 spiro atoms. The van der Waals surface area contributed by atoms with Crippen LogP contribution in [-0.4, -0.2) is 50.2 Å². The average molecular weight is 256 g/mol. The largest absolute Gasteiger partial charge is 0.468 e. The predicted octanol–water partition coefficient (Wildman–Crippen LogP) is 1.79. The van der Waals surface area contributed by atoms with E-state index in [1.165, 1.54) is 33.0 Å². The fraction of sp³-hybridized carbons (Fsp3) is 0.929. The molecule has 0 aliphatic carbocycles. The molecule has 4 nitrogen and oxygen atoms in total. The predicted molar refractivity (Wildman–Crippen MR) is 73.6 cm³/mol. The number of nitrogens with zero attached hydrogens (tertiary/aromatic N) is 1. The molecule has 18 heavy (non-hydrogen) atoms. The molecule has 1 unspecified atom stereocenters. The van der Waals surface area contributed by atoms with Gasteiger partial charge in [-0.3, -0.25) is 4.79 Å². The maximum absolute atomic E-state index is 11.6. The van der Waals surface area contributed by atoms with E-state index in [4.69, 9.17) is 4.74 Å². The van der Waals surface area contributed by atoms with E-state index in [0.29, 0.717) is 0 Å². The minimum atomic E-state index is -0.121. The monoisotopic (exact) mass is 256 g/mol. The lowest BCUT2D eigenvalue weighted by molar-refractivity contribution is -0.143. The molecule has 1 heterocycles. The van der Waals surface area contributed by atoms with Crippen LogP contribution in [0.5, 0.6) is 0 Å². The van der Waals surface area contributed by atoms with E-state index >= 15 is 0 Å². The second kappa shape index (κ2) is 9.34. The molecule has 0 aromatic carbocycles. The molecule has 1 fully saturated rings. The first-order valence-corrected chi connectivity index (χ1v) is 7.31. The Hall–Kier alpha value is -0.610. The summed E-state index contributed by atoms with van der Waals surface area (Å²) in [5.74, 6) is -0.121. The number of carbonyl (C=O) groups excluding carboxylic acids is 1. The first-order valence-electron chi connectivity index (χ1n) is 7.31. The van der Waals surface area contributed by atoms with Gasteiger partial charge in [-0.1, -0.05) is 19.8 Å². The van der Waals surface area contributed by atoms with Gasteiger partial charge in [0.2, 0.25) is 0 Å². The number of hydrogen-bond donors (Lipinski definition) is 1. The summed E-state index contributed by atoms with van der Waals surface area (Å²) in [6.07, 6.45) is 6.86. The van der Waals surface area contributed by atoms with Gasteiger partial charge < -0.3 is 15.0 Å². The molecule has 0 aromatic heterocycles. The van der Waals surface area contributed by atoms with Gasteiger partial charge in [-0.15, -0.1) is 0 Å². The second-order valence-corrected chi connectivity index (χ2v) is 5.07. The zero-order chi connectivity index (χ0) is 13.2. The van der Waals surface area contributed by atoms with Gasteiger partial charge in [0.1, 0.15) is 6.04 Å². The molecule has 0 saturated carbocycles. The van der Waals surface area contributed by atoms with Crippen LogP contribution in [0.25, 0.3) is 0 Å². The normalized spacial score (nSPS) is 17.9. The number of likely N-dealkylation sites (tertiary alicyclic amines) is 1. The molecule has 1 aliphatic heterocycles. The highest BCUT2D eigenvalue weighted by Crippen LogP contribution is 2.07. The van der Waals surface area contributed by atoms with Gasteiger partial charge in [0.05, 0.1) is 7.11 Å². The Morgan fingerprint density at radius 1 is 1.33 bits per heavy atom. The van der Waals surface area contributed by atoms with Gasteiger partial charge in [0, 0.05) is 0 Å². The summed E-state index contributed by atoms with van der Waals surface area (Å²) in [6.45, 7) is 6.68. The molecule has 1 rings (SSSR count). The number of methoxy groups -OCH3 is 1. The Bertz CT molecular complexity index is 228. The van der Waals surface area contributed by atoms with Crippen LogP contribution >= 0.6 is 0 Å². The van der Waals surface area contributed by atoms with Crippen molar-refractivity contribution in [3.8, 4) is 0 Å². The van der Waals surface area contributed by atoms with E-state index < -0.39 is 0 Å². The number of unbranched alkanes of at least 4 members (excludes halogenated alkanes) is 1. The maximum Gasteiger partial charge on any atom is 0.322 e. The van der Waals surface area contributed by atoms with Crippen LogP contribution in [-0.2, 0) is 9.53 Å². The van der Waals surface area contributed by atoms with E-state index in [2.05, 4.69) is 17.1 Å². The van der Waals surface area contributed by atoms with Crippen molar-refractivity contribution < 1.29 is 9.53 Å². The third-order valence-electron chi connectivity index (χ3n) is 3.57. The number of nitrogens with one attached hydrogen (secondary N) is 1. The summed E-state index contributed by atoms with van der Waals surface area (Å²) >= 11 is 0. The molecule has 1 N–H and O–H groups in total. The minimum absolute atomic E-state index is 0.117. The molecule has 0 aromatic rings. The van der Waals surface area contributed by atoms with Crippen LogP contribution in [0.2, 0.25) is 0 Å². The van der Waals surface area contributed by atoms with E-state index in [-0.39, 0.29) is 12.0 Å². The van der Waals surface area contributed by atoms with Crippen molar-refractivity contribution in [3.05, 3.63) is 0 Å². The lowest BCUT2D eigenvalue weighted by atomic mass is 10.1. The van der Waals surface area contributed by atoms with E-state index in [9.17, 15) is 4.79 Å². The van der Waals surface area contributed by atoms with Gasteiger partial charge >= 0.3 is 5.97 Å². The summed E-state index contributed by atoms with van der Waals surface area (Å²) in [6, 6.07) is -0.117. The molecular formula is C14H28N2O2. The highest BCUT2D eigenvalue weighted by molar-refractivity contribution is 5.75. The first-order chi connectivity index (χ1) is 8.77. The van der Waals surface area contributed by atoms with Gasteiger partial charge in [0.25, 0.3) is 0 Å². The van der Waals surface area contributed by atoms with E-state index in [1.807, 2.05) is 0 Å². The number of carbonyl (C=O) groups is 1. The van der Waals surface area contributed by atoms with Crippen molar-refractivity contribution in [1.82, 2.24) is 10.2 Å². The van der Waals surface area contributed by atoms with E-state index in [0.717, 1.165) is 38.8 Å². The van der Waals surface area contributed by atoms with Crippen molar-refractivity contribution in [2.45, 2.75) is 51.5 Å². The van der Waals surface area contributed by atoms with Crippen LogP contribution < -0.4 is 5.32 Å². The molecule has 4 heteroatoms. The lowest BCUT2D eigenvalue weighted by Crippen LogP contribution is -2.39. The average Bonchev–Trinajstić information content (AvgIpc) is 2.90. The zero-order valence-corrected chi connectivity index (χ0v) is 11.9. The molecule has 106 valence electrons. The molecule has 0 bridgehead atoms. The van der Waals surface area contributed by atoms with Crippen LogP contribution in [0.15, 0.2) is 0 Å². The third-order valence-corrected chi connectivity index (χ3v) is 3.57. The SMILES string of the molecule is CCCCC(NCCCN1CCCC1)C(=O)OC. The Balaban J connectivity index is 2.13. The van der Waals surface area contributed by atoms with Crippen molar-refractivity contribution in [3.63, 3.8) is 0 Å². The van der Waals surface area contributed by atoms with Crippen molar-refractivity contribution in [1.29, 1.82) is 0 Å². The summed E-state index contributed by atoms with van der Waals surface area (Å²) in [5.41, 5.74) is 0.